The number of fused-ring (bicyclic) bond motifs is 1. The van der Waals surface area contributed by atoms with Crippen molar-refractivity contribution >= 4 is 10.9 Å². The van der Waals surface area contributed by atoms with Crippen molar-refractivity contribution in [2.45, 2.75) is 64.1 Å². The van der Waals surface area contributed by atoms with Crippen LogP contribution in [0.2, 0.25) is 0 Å². The van der Waals surface area contributed by atoms with Crippen molar-refractivity contribution < 1.29 is 9.64 Å². The third-order valence-corrected chi connectivity index (χ3v) is 6.80. The largest absolute Gasteiger partial charge is 0.376 e. The van der Waals surface area contributed by atoms with Crippen LogP contribution in [0.1, 0.15) is 61.5 Å². The van der Waals surface area contributed by atoms with Crippen LogP contribution < -0.4 is 10.5 Å². The average molecular weight is 424 g/mol. The molecule has 0 radical (unpaired) electrons. The van der Waals surface area contributed by atoms with Crippen LogP contribution in [0.25, 0.3) is 10.9 Å². The van der Waals surface area contributed by atoms with E-state index in [1.165, 1.54) is 17.7 Å². The molecule has 0 spiro atoms. The molecule has 5 rings (SSSR count). The van der Waals surface area contributed by atoms with E-state index in [2.05, 4.69) is 32.6 Å². The third kappa shape index (κ3) is 4.14. The number of aromatic amines is 1. The Morgan fingerprint density at radius 2 is 2.06 bits per heavy atom. The van der Waals surface area contributed by atoms with E-state index in [0.29, 0.717) is 6.54 Å². The van der Waals surface area contributed by atoms with Crippen LogP contribution in [0.15, 0.2) is 29.1 Å². The molecule has 31 heavy (non-hydrogen) atoms. The van der Waals surface area contributed by atoms with Crippen LogP contribution >= 0.6 is 0 Å². The number of hydrogen-bond donors (Lipinski definition) is 2. The SMILES string of the molecule is Cc1cccc2cc([C@H](c3nnnn3C[C@H]3CCCO3)[NH+]3CCCCCC3)c(=O)[nH]c12. The fraction of sp³-hybridized carbons (Fsp3) is 0.565. The Labute approximate surface area is 181 Å². The van der Waals surface area contributed by atoms with Crippen molar-refractivity contribution in [1.29, 1.82) is 0 Å². The predicted octanol–water partition coefficient (Wildman–Crippen LogP) is 1.55. The first-order chi connectivity index (χ1) is 15.2. The van der Waals surface area contributed by atoms with E-state index in [9.17, 15) is 4.79 Å². The Bertz CT molecular complexity index is 1090. The predicted molar refractivity (Wildman–Crippen MR) is 117 cm³/mol. The standard InChI is InChI=1S/C23H30N6O2/c1-16-8-6-9-17-14-19(23(30)24-20(16)17)21(28-11-4-2-3-5-12-28)22-25-26-27-29(22)15-18-10-7-13-31-18/h6,8-9,14,18,21H,2-5,7,10-13,15H2,1H3,(H,24,30)/p+1/t18-,21-/m1/s1. The molecule has 4 heterocycles. The van der Waals surface area contributed by atoms with Gasteiger partial charge in [-0.25, -0.2) is 4.68 Å². The minimum absolute atomic E-state index is 0.0461. The van der Waals surface area contributed by atoms with E-state index in [1.807, 2.05) is 23.7 Å². The minimum Gasteiger partial charge on any atom is -0.376 e. The second-order valence-corrected chi connectivity index (χ2v) is 8.95. The first kappa shape index (κ1) is 20.3. The lowest BCUT2D eigenvalue weighted by Crippen LogP contribution is -3.12. The molecule has 8 heteroatoms. The fourth-order valence-corrected chi connectivity index (χ4v) is 5.16. The monoisotopic (exact) mass is 423 g/mol. The lowest BCUT2D eigenvalue weighted by atomic mass is 10.0. The first-order valence-electron chi connectivity index (χ1n) is 11.6. The van der Waals surface area contributed by atoms with E-state index in [1.54, 1.807) is 0 Å². The normalized spacial score (nSPS) is 21.4. The molecule has 0 bridgehead atoms. The summed E-state index contributed by atoms with van der Waals surface area (Å²) in [6, 6.07) is 7.98. The summed E-state index contributed by atoms with van der Waals surface area (Å²) >= 11 is 0. The van der Waals surface area contributed by atoms with Crippen molar-refractivity contribution in [2.75, 3.05) is 19.7 Å². The number of H-pyrrole nitrogens is 1. The molecule has 2 N–H and O–H groups in total. The van der Waals surface area contributed by atoms with Crippen LogP contribution in [0, 0.1) is 6.92 Å². The van der Waals surface area contributed by atoms with Gasteiger partial charge in [-0.2, -0.15) is 0 Å². The molecule has 0 amide bonds. The maximum atomic E-state index is 13.3. The van der Waals surface area contributed by atoms with Gasteiger partial charge in [-0.15, -0.1) is 5.10 Å². The van der Waals surface area contributed by atoms with Gasteiger partial charge in [0.05, 0.1) is 36.8 Å². The highest BCUT2D eigenvalue weighted by Crippen LogP contribution is 2.22. The highest BCUT2D eigenvalue weighted by Gasteiger charge is 2.35. The summed E-state index contributed by atoms with van der Waals surface area (Å²) in [5.74, 6) is 0.768. The maximum absolute atomic E-state index is 13.3. The quantitative estimate of drug-likeness (QED) is 0.650. The Morgan fingerprint density at radius 1 is 1.23 bits per heavy atom. The second kappa shape index (κ2) is 8.88. The lowest BCUT2D eigenvalue weighted by molar-refractivity contribution is -0.925. The van der Waals surface area contributed by atoms with Gasteiger partial charge in [0.2, 0.25) is 5.82 Å². The summed E-state index contributed by atoms with van der Waals surface area (Å²) in [5, 5.41) is 13.8. The second-order valence-electron chi connectivity index (χ2n) is 8.95. The van der Waals surface area contributed by atoms with Gasteiger partial charge in [0.1, 0.15) is 0 Å². The molecule has 2 aliphatic rings. The smallest absolute Gasteiger partial charge is 0.258 e. The van der Waals surface area contributed by atoms with Crippen LogP contribution in [0.5, 0.6) is 0 Å². The van der Waals surface area contributed by atoms with Gasteiger partial charge in [0.25, 0.3) is 5.56 Å². The number of tetrazole rings is 1. The summed E-state index contributed by atoms with van der Waals surface area (Å²) in [5.41, 5.74) is 2.68. The van der Waals surface area contributed by atoms with Gasteiger partial charge in [0.15, 0.2) is 6.04 Å². The van der Waals surface area contributed by atoms with Gasteiger partial charge in [-0.1, -0.05) is 18.2 Å². The number of pyridine rings is 1. The number of benzene rings is 1. The first-order valence-corrected chi connectivity index (χ1v) is 11.6. The highest BCUT2D eigenvalue weighted by molar-refractivity contribution is 5.82. The Hall–Kier alpha value is -2.58. The summed E-state index contributed by atoms with van der Waals surface area (Å²) in [6.45, 7) is 5.49. The summed E-state index contributed by atoms with van der Waals surface area (Å²) < 4.78 is 7.71. The number of aryl methyl sites for hydroxylation is 1. The zero-order valence-corrected chi connectivity index (χ0v) is 18.1. The summed E-state index contributed by atoms with van der Waals surface area (Å²) in [6.07, 6.45) is 7.03. The molecule has 164 valence electrons. The molecule has 2 aromatic heterocycles. The molecule has 0 aliphatic carbocycles. The Kier molecular flexibility index (Phi) is 5.82. The van der Waals surface area contributed by atoms with Crippen molar-refractivity contribution in [2.24, 2.45) is 0 Å². The van der Waals surface area contributed by atoms with Crippen molar-refractivity contribution in [3.05, 3.63) is 51.6 Å². The van der Waals surface area contributed by atoms with Crippen LogP contribution in [0.4, 0.5) is 0 Å². The van der Waals surface area contributed by atoms with Gasteiger partial charge < -0.3 is 14.6 Å². The molecule has 0 saturated carbocycles. The molecular weight excluding hydrogens is 392 g/mol. The van der Waals surface area contributed by atoms with Gasteiger partial charge in [0, 0.05) is 6.61 Å². The van der Waals surface area contributed by atoms with Crippen molar-refractivity contribution in [1.82, 2.24) is 25.2 Å². The number of aromatic nitrogens is 5. The number of hydrogen-bond acceptors (Lipinski definition) is 5. The summed E-state index contributed by atoms with van der Waals surface area (Å²) in [4.78, 5) is 17.9. The molecule has 2 fully saturated rings. The molecule has 8 nitrogen and oxygen atoms in total. The van der Waals surface area contributed by atoms with E-state index < -0.39 is 0 Å². The molecule has 2 atom stereocenters. The fourth-order valence-electron chi connectivity index (χ4n) is 5.16. The number of nitrogens with one attached hydrogen (secondary N) is 2. The minimum atomic E-state index is -0.192. The zero-order valence-electron chi connectivity index (χ0n) is 18.1. The number of nitrogens with zero attached hydrogens (tertiary/aromatic N) is 4. The van der Waals surface area contributed by atoms with Gasteiger partial charge >= 0.3 is 0 Å². The maximum Gasteiger partial charge on any atom is 0.258 e. The van der Waals surface area contributed by atoms with Gasteiger partial charge in [-0.05, 0) is 72.9 Å². The topological polar surface area (TPSA) is 90.1 Å². The lowest BCUT2D eigenvalue weighted by Gasteiger charge is -2.27. The number of para-hydroxylation sites is 1. The van der Waals surface area contributed by atoms with E-state index in [4.69, 9.17) is 4.74 Å². The Morgan fingerprint density at radius 3 is 2.84 bits per heavy atom. The molecule has 1 aromatic carbocycles. The summed E-state index contributed by atoms with van der Waals surface area (Å²) in [7, 11) is 0. The molecule has 2 saturated heterocycles. The van der Waals surface area contributed by atoms with Crippen LogP contribution in [-0.2, 0) is 11.3 Å². The van der Waals surface area contributed by atoms with E-state index >= 15 is 0 Å². The average Bonchev–Trinajstić information content (AvgIpc) is 3.37. The highest BCUT2D eigenvalue weighted by atomic mass is 16.5. The molecule has 2 aliphatic heterocycles. The number of rotatable bonds is 5. The molecular formula is C23H31N6O2+. The molecule has 0 unspecified atom stereocenters. The third-order valence-electron chi connectivity index (χ3n) is 6.80. The number of likely N-dealkylation sites (tertiary alicyclic amines) is 1. The molecule has 3 aromatic rings. The van der Waals surface area contributed by atoms with E-state index in [-0.39, 0.29) is 17.7 Å². The van der Waals surface area contributed by atoms with Crippen molar-refractivity contribution in [3.63, 3.8) is 0 Å². The Balaban J connectivity index is 1.60. The number of ether oxygens (including phenoxy) is 1. The zero-order chi connectivity index (χ0) is 21.2. The van der Waals surface area contributed by atoms with Gasteiger partial charge in [-0.3, -0.25) is 4.79 Å². The van der Waals surface area contributed by atoms with Crippen molar-refractivity contribution in [3.8, 4) is 0 Å². The number of quaternary nitrogens is 1. The van der Waals surface area contributed by atoms with Crippen LogP contribution in [0.3, 0.4) is 0 Å². The van der Waals surface area contributed by atoms with E-state index in [0.717, 1.165) is 73.2 Å². The van der Waals surface area contributed by atoms with Crippen LogP contribution in [-0.4, -0.2) is 51.0 Å².